The van der Waals surface area contributed by atoms with E-state index < -0.39 is 6.10 Å². The Hall–Kier alpha value is -1.17. The lowest BCUT2D eigenvalue weighted by molar-refractivity contribution is 0.0770. The Balaban J connectivity index is 2.00. The monoisotopic (exact) mass is 299 g/mol. The second kappa shape index (κ2) is 4.74. The molecule has 1 N–H and O–H groups in total. The molecule has 0 spiro atoms. The number of hydrogen-bond acceptors (Lipinski definition) is 3. The van der Waals surface area contributed by atoms with Gasteiger partial charge < -0.3 is 10.0 Å². The molecule has 0 saturated carbocycles. The number of nitrogens with zero attached hydrogens (tertiary/aromatic N) is 1. The van der Waals surface area contributed by atoms with Crippen LogP contribution in [0.5, 0.6) is 0 Å². The second-order valence-electron chi connectivity index (χ2n) is 4.58. The Morgan fingerprint density at radius 3 is 3.00 bits per heavy atom. The molecule has 1 amide bonds. The van der Waals surface area contributed by atoms with Crippen LogP contribution in [-0.4, -0.2) is 35.1 Å². The maximum atomic E-state index is 13.2. The van der Waals surface area contributed by atoms with Gasteiger partial charge in [-0.1, -0.05) is 11.6 Å². The van der Waals surface area contributed by atoms with Crippen molar-refractivity contribution in [2.75, 3.05) is 13.1 Å². The first kappa shape index (κ1) is 12.8. The summed E-state index contributed by atoms with van der Waals surface area (Å²) in [7, 11) is 0. The average Bonchev–Trinajstić information content (AvgIpc) is 2.93. The zero-order valence-electron chi connectivity index (χ0n) is 9.90. The molecule has 3 rings (SSSR count). The van der Waals surface area contributed by atoms with E-state index in [1.54, 1.807) is 11.0 Å². The number of thiophene rings is 1. The molecule has 1 atom stereocenters. The number of hydrogen-bond donors (Lipinski definition) is 1. The quantitative estimate of drug-likeness (QED) is 0.879. The molecule has 1 aromatic carbocycles. The lowest BCUT2D eigenvalue weighted by Gasteiger charge is -2.14. The molecule has 1 saturated heterocycles. The third-order valence-corrected chi connectivity index (χ3v) is 4.88. The van der Waals surface area contributed by atoms with Crippen LogP contribution >= 0.6 is 22.9 Å². The van der Waals surface area contributed by atoms with E-state index in [0.29, 0.717) is 39.5 Å². The molecule has 19 heavy (non-hydrogen) atoms. The maximum absolute atomic E-state index is 13.2. The van der Waals surface area contributed by atoms with Crippen molar-refractivity contribution in [3.05, 3.63) is 33.9 Å². The van der Waals surface area contributed by atoms with Gasteiger partial charge >= 0.3 is 0 Å². The van der Waals surface area contributed by atoms with E-state index in [1.165, 1.54) is 23.5 Å². The zero-order valence-corrected chi connectivity index (χ0v) is 11.5. The minimum Gasteiger partial charge on any atom is -0.391 e. The summed E-state index contributed by atoms with van der Waals surface area (Å²) < 4.78 is 13.8. The van der Waals surface area contributed by atoms with Crippen LogP contribution in [0.15, 0.2) is 18.2 Å². The van der Waals surface area contributed by atoms with Gasteiger partial charge in [0.05, 0.1) is 11.1 Å². The first-order valence-electron chi connectivity index (χ1n) is 5.91. The number of aliphatic hydroxyl groups is 1. The third kappa shape index (κ3) is 2.22. The number of β-amino-alcohol motifs (C(OH)–C–C–N with tert-alkyl or cyclic N) is 1. The van der Waals surface area contributed by atoms with Gasteiger partial charge in [-0.15, -0.1) is 11.3 Å². The fraction of sp³-hybridized carbons (Fsp3) is 0.308. The number of likely N-dealkylation sites (tertiary alicyclic amines) is 1. The Morgan fingerprint density at radius 2 is 2.32 bits per heavy atom. The first-order valence-corrected chi connectivity index (χ1v) is 7.10. The molecule has 1 unspecified atom stereocenters. The fourth-order valence-electron chi connectivity index (χ4n) is 2.25. The number of aliphatic hydroxyl groups excluding tert-OH is 1. The van der Waals surface area contributed by atoms with Gasteiger partial charge in [0.1, 0.15) is 10.7 Å². The molecular formula is C13H11ClFNO2S. The molecule has 6 heteroatoms. The molecule has 0 aliphatic carbocycles. The van der Waals surface area contributed by atoms with Crippen LogP contribution in [0.3, 0.4) is 0 Å². The molecule has 1 aliphatic rings. The average molecular weight is 300 g/mol. The lowest BCUT2D eigenvalue weighted by Crippen LogP contribution is -2.29. The zero-order chi connectivity index (χ0) is 13.6. The molecule has 2 aromatic rings. The van der Waals surface area contributed by atoms with Crippen LogP contribution in [0.1, 0.15) is 16.1 Å². The summed E-state index contributed by atoms with van der Waals surface area (Å²) in [5, 5.41) is 10.5. The molecule has 100 valence electrons. The summed E-state index contributed by atoms with van der Waals surface area (Å²) in [6, 6.07) is 4.29. The predicted octanol–water partition coefficient (Wildman–Crippen LogP) is 2.90. The highest BCUT2D eigenvalue weighted by atomic mass is 35.5. The van der Waals surface area contributed by atoms with Crippen LogP contribution in [0.25, 0.3) is 10.1 Å². The van der Waals surface area contributed by atoms with Crippen LogP contribution in [0.2, 0.25) is 5.02 Å². The normalized spacial score (nSPS) is 19.3. The summed E-state index contributed by atoms with van der Waals surface area (Å²) >= 11 is 7.39. The van der Waals surface area contributed by atoms with Gasteiger partial charge in [-0.25, -0.2) is 4.39 Å². The highest BCUT2D eigenvalue weighted by molar-refractivity contribution is 7.21. The van der Waals surface area contributed by atoms with E-state index in [4.69, 9.17) is 11.6 Å². The van der Waals surface area contributed by atoms with Crippen molar-refractivity contribution in [1.29, 1.82) is 0 Å². The van der Waals surface area contributed by atoms with Crippen LogP contribution in [0.4, 0.5) is 4.39 Å². The molecular weight excluding hydrogens is 289 g/mol. The number of fused-ring (bicyclic) bond motifs is 1. The number of carbonyl (C=O) groups excluding carboxylic acids is 1. The number of halogens is 2. The van der Waals surface area contributed by atoms with E-state index in [1.807, 2.05) is 0 Å². The Labute approximate surface area is 118 Å². The summed E-state index contributed by atoms with van der Waals surface area (Å²) in [5.74, 6) is -0.538. The molecule has 1 fully saturated rings. The van der Waals surface area contributed by atoms with Gasteiger partial charge in [-0.2, -0.15) is 0 Å². The molecule has 3 nitrogen and oxygen atoms in total. The van der Waals surface area contributed by atoms with E-state index in [9.17, 15) is 14.3 Å². The second-order valence-corrected chi connectivity index (χ2v) is 6.01. The minimum atomic E-state index is -0.463. The van der Waals surface area contributed by atoms with Crippen molar-refractivity contribution in [1.82, 2.24) is 4.90 Å². The van der Waals surface area contributed by atoms with Crippen LogP contribution in [0, 0.1) is 5.82 Å². The summed E-state index contributed by atoms with van der Waals surface area (Å²) in [6.45, 7) is 0.858. The van der Waals surface area contributed by atoms with Gasteiger partial charge in [0.15, 0.2) is 0 Å². The van der Waals surface area contributed by atoms with Crippen molar-refractivity contribution in [3.63, 3.8) is 0 Å². The van der Waals surface area contributed by atoms with Gasteiger partial charge in [-0.05, 0) is 24.6 Å². The third-order valence-electron chi connectivity index (χ3n) is 3.24. The van der Waals surface area contributed by atoms with Crippen molar-refractivity contribution < 1.29 is 14.3 Å². The van der Waals surface area contributed by atoms with Crippen molar-refractivity contribution >= 4 is 38.9 Å². The van der Waals surface area contributed by atoms with Gasteiger partial charge in [-0.3, -0.25) is 4.79 Å². The van der Waals surface area contributed by atoms with Gasteiger partial charge in [0.2, 0.25) is 0 Å². The smallest absolute Gasteiger partial charge is 0.265 e. The van der Waals surface area contributed by atoms with Crippen molar-refractivity contribution in [2.24, 2.45) is 0 Å². The molecule has 1 aromatic heterocycles. The van der Waals surface area contributed by atoms with Crippen molar-refractivity contribution in [3.8, 4) is 0 Å². The predicted molar refractivity (Wildman–Crippen MR) is 73.3 cm³/mol. The highest BCUT2D eigenvalue weighted by Gasteiger charge is 2.28. The molecule has 1 aliphatic heterocycles. The van der Waals surface area contributed by atoms with E-state index >= 15 is 0 Å². The summed E-state index contributed by atoms with van der Waals surface area (Å²) in [6.07, 6.45) is 0.123. The standard InChI is InChI=1S/C13H11ClFNO2S/c14-11-9-2-1-7(15)5-10(9)19-12(11)13(18)16-4-3-8(17)6-16/h1-2,5,8,17H,3-4,6H2. The number of rotatable bonds is 1. The van der Waals surface area contributed by atoms with E-state index in [0.717, 1.165) is 0 Å². The Morgan fingerprint density at radius 1 is 1.53 bits per heavy atom. The van der Waals surface area contributed by atoms with Crippen molar-refractivity contribution in [2.45, 2.75) is 12.5 Å². The minimum absolute atomic E-state index is 0.192. The molecule has 2 heterocycles. The van der Waals surface area contributed by atoms with Gasteiger partial charge in [0, 0.05) is 23.2 Å². The lowest BCUT2D eigenvalue weighted by atomic mass is 10.2. The maximum Gasteiger partial charge on any atom is 0.265 e. The largest absolute Gasteiger partial charge is 0.391 e. The number of amides is 1. The van der Waals surface area contributed by atoms with E-state index in [2.05, 4.69) is 0 Å². The SMILES string of the molecule is O=C(c1sc2cc(F)ccc2c1Cl)N1CCC(O)C1. The van der Waals surface area contributed by atoms with Crippen LogP contribution < -0.4 is 0 Å². The fourth-order valence-corrected chi connectivity index (χ4v) is 3.75. The van der Waals surface area contributed by atoms with Gasteiger partial charge in [0.25, 0.3) is 5.91 Å². The number of carbonyl (C=O) groups is 1. The van der Waals surface area contributed by atoms with E-state index in [-0.39, 0.29) is 11.7 Å². The highest BCUT2D eigenvalue weighted by Crippen LogP contribution is 2.36. The van der Waals surface area contributed by atoms with Crippen LogP contribution in [-0.2, 0) is 0 Å². The molecule has 0 bridgehead atoms. The Kier molecular flexibility index (Phi) is 3.20. The molecule has 0 radical (unpaired) electrons. The number of benzene rings is 1. The summed E-state index contributed by atoms with van der Waals surface area (Å²) in [5.41, 5.74) is 0. The topological polar surface area (TPSA) is 40.5 Å². The Bertz CT molecular complexity index is 657. The first-order chi connectivity index (χ1) is 9.06. The summed E-state index contributed by atoms with van der Waals surface area (Å²) in [4.78, 5) is 14.3.